The van der Waals surface area contributed by atoms with Crippen LogP contribution in [0.2, 0.25) is 5.02 Å². The van der Waals surface area contributed by atoms with E-state index >= 15 is 0 Å². The molecular weight excluding hydrogens is 276 g/mol. The van der Waals surface area contributed by atoms with Gasteiger partial charge in [0, 0.05) is 17.0 Å². The number of halogens is 1. The highest BCUT2D eigenvalue weighted by Gasteiger charge is 2.13. The predicted octanol–water partition coefficient (Wildman–Crippen LogP) is 4.17. The van der Waals surface area contributed by atoms with Gasteiger partial charge in [-0.3, -0.25) is 0 Å². The maximum Gasteiger partial charge on any atom is 0.215 e. The molecule has 2 heterocycles. The van der Waals surface area contributed by atoms with E-state index < -0.39 is 0 Å². The Labute approximate surface area is 121 Å². The monoisotopic (exact) mass is 288 g/mol. The molecule has 0 aliphatic heterocycles. The standard InChI is InChI=1S/C15H13ClN2O2/c1-8-15(9(2)20-18-8)10-4-5-13-11(6-10)12(16)7-14(17-13)19-3/h4-7H,1-3H3. The summed E-state index contributed by atoms with van der Waals surface area (Å²) in [5.41, 5.74) is 3.67. The number of aromatic nitrogens is 2. The van der Waals surface area contributed by atoms with Crippen LogP contribution < -0.4 is 4.74 Å². The summed E-state index contributed by atoms with van der Waals surface area (Å²) in [5, 5.41) is 5.47. The Morgan fingerprint density at radius 3 is 2.65 bits per heavy atom. The molecule has 0 atom stereocenters. The van der Waals surface area contributed by atoms with E-state index in [2.05, 4.69) is 10.1 Å². The molecule has 0 aliphatic carbocycles. The van der Waals surface area contributed by atoms with Crippen LogP contribution in [0.3, 0.4) is 0 Å². The van der Waals surface area contributed by atoms with Crippen molar-refractivity contribution >= 4 is 22.5 Å². The van der Waals surface area contributed by atoms with Crippen molar-refractivity contribution in [2.24, 2.45) is 0 Å². The molecule has 20 heavy (non-hydrogen) atoms. The van der Waals surface area contributed by atoms with Crippen molar-refractivity contribution in [3.05, 3.63) is 40.7 Å². The second-order valence-corrected chi connectivity index (χ2v) is 4.98. The third-order valence-electron chi connectivity index (χ3n) is 3.27. The van der Waals surface area contributed by atoms with Gasteiger partial charge in [-0.25, -0.2) is 4.98 Å². The summed E-state index contributed by atoms with van der Waals surface area (Å²) in [6.07, 6.45) is 0. The number of fused-ring (bicyclic) bond motifs is 1. The van der Waals surface area contributed by atoms with Crippen LogP contribution in [0.15, 0.2) is 28.8 Å². The molecule has 0 bridgehead atoms. The van der Waals surface area contributed by atoms with E-state index in [4.69, 9.17) is 20.9 Å². The topological polar surface area (TPSA) is 48.2 Å². The molecule has 0 spiro atoms. The normalized spacial score (nSPS) is 11.0. The van der Waals surface area contributed by atoms with Gasteiger partial charge in [0.1, 0.15) is 5.76 Å². The summed E-state index contributed by atoms with van der Waals surface area (Å²) >= 11 is 6.29. The predicted molar refractivity (Wildman–Crippen MR) is 78.3 cm³/mol. The molecule has 0 amide bonds. The second-order valence-electron chi connectivity index (χ2n) is 4.58. The van der Waals surface area contributed by atoms with Crippen LogP contribution in [0.1, 0.15) is 11.5 Å². The minimum atomic E-state index is 0.507. The van der Waals surface area contributed by atoms with Gasteiger partial charge < -0.3 is 9.26 Å². The molecule has 1 aromatic carbocycles. The number of hydrogen-bond acceptors (Lipinski definition) is 4. The van der Waals surface area contributed by atoms with E-state index in [0.717, 1.165) is 33.5 Å². The second kappa shape index (κ2) is 4.80. The third-order valence-corrected chi connectivity index (χ3v) is 3.58. The number of rotatable bonds is 2. The summed E-state index contributed by atoms with van der Waals surface area (Å²) in [6, 6.07) is 7.61. The SMILES string of the molecule is COc1cc(Cl)c2cc(-c3c(C)noc3C)ccc2n1. The highest BCUT2D eigenvalue weighted by Crippen LogP contribution is 2.33. The Morgan fingerprint density at radius 2 is 2.00 bits per heavy atom. The first-order chi connectivity index (χ1) is 9.60. The number of pyridine rings is 1. The number of aryl methyl sites for hydroxylation is 2. The zero-order chi connectivity index (χ0) is 14.3. The van der Waals surface area contributed by atoms with E-state index in [-0.39, 0.29) is 0 Å². The Hall–Kier alpha value is -2.07. The van der Waals surface area contributed by atoms with Crippen molar-refractivity contribution in [3.63, 3.8) is 0 Å². The van der Waals surface area contributed by atoms with Crippen molar-refractivity contribution < 1.29 is 9.26 Å². The maximum atomic E-state index is 6.29. The molecule has 0 aliphatic rings. The molecule has 0 fully saturated rings. The fourth-order valence-corrected chi connectivity index (χ4v) is 2.56. The first kappa shape index (κ1) is 12.9. The summed E-state index contributed by atoms with van der Waals surface area (Å²) in [7, 11) is 1.57. The zero-order valence-corrected chi connectivity index (χ0v) is 12.2. The van der Waals surface area contributed by atoms with Gasteiger partial charge in [0.25, 0.3) is 0 Å². The highest BCUT2D eigenvalue weighted by molar-refractivity contribution is 6.35. The van der Waals surface area contributed by atoms with Crippen LogP contribution in [-0.4, -0.2) is 17.3 Å². The molecule has 3 aromatic rings. The van der Waals surface area contributed by atoms with Gasteiger partial charge in [-0.1, -0.05) is 22.8 Å². The lowest BCUT2D eigenvalue weighted by Gasteiger charge is -2.06. The first-order valence-electron chi connectivity index (χ1n) is 6.17. The molecular formula is C15H13ClN2O2. The maximum absolute atomic E-state index is 6.29. The van der Waals surface area contributed by atoms with Crippen LogP contribution >= 0.6 is 11.6 Å². The van der Waals surface area contributed by atoms with Crippen LogP contribution in [0, 0.1) is 13.8 Å². The largest absolute Gasteiger partial charge is 0.481 e. The molecule has 4 nitrogen and oxygen atoms in total. The first-order valence-corrected chi connectivity index (χ1v) is 6.55. The fraction of sp³-hybridized carbons (Fsp3) is 0.200. The van der Waals surface area contributed by atoms with Crippen LogP contribution in [0.5, 0.6) is 5.88 Å². The molecule has 5 heteroatoms. The third kappa shape index (κ3) is 2.02. The van der Waals surface area contributed by atoms with Gasteiger partial charge in [0.05, 0.1) is 23.3 Å². The van der Waals surface area contributed by atoms with Gasteiger partial charge >= 0.3 is 0 Å². The van der Waals surface area contributed by atoms with Gasteiger partial charge in [-0.05, 0) is 31.5 Å². The van der Waals surface area contributed by atoms with Crippen LogP contribution in [-0.2, 0) is 0 Å². The van der Waals surface area contributed by atoms with E-state index in [9.17, 15) is 0 Å². The summed E-state index contributed by atoms with van der Waals surface area (Å²) < 4.78 is 10.3. The van der Waals surface area contributed by atoms with Gasteiger partial charge in [-0.2, -0.15) is 0 Å². The number of nitrogens with zero attached hydrogens (tertiary/aromatic N) is 2. The Kier molecular flexibility index (Phi) is 3.10. The summed E-state index contributed by atoms with van der Waals surface area (Å²) in [5.74, 6) is 1.30. The number of benzene rings is 1. The number of ether oxygens (including phenoxy) is 1. The fourth-order valence-electron chi connectivity index (χ4n) is 2.32. The summed E-state index contributed by atoms with van der Waals surface area (Å²) in [6.45, 7) is 3.82. The van der Waals surface area contributed by atoms with Gasteiger partial charge in [0.2, 0.25) is 5.88 Å². The van der Waals surface area contributed by atoms with Crippen LogP contribution in [0.4, 0.5) is 0 Å². The van der Waals surface area contributed by atoms with Gasteiger partial charge in [0.15, 0.2) is 0 Å². The Balaban J connectivity index is 2.23. The molecule has 2 aromatic heterocycles. The smallest absolute Gasteiger partial charge is 0.215 e. The zero-order valence-electron chi connectivity index (χ0n) is 11.4. The molecule has 0 unspecified atom stereocenters. The van der Waals surface area contributed by atoms with E-state index in [1.165, 1.54) is 0 Å². The lowest BCUT2D eigenvalue weighted by molar-refractivity contribution is 0.393. The van der Waals surface area contributed by atoms with Crippen molar-refractivity contribution in [1.82, 2.24) is 10.1 Å². The average Bonchev–Trinajstić information content (AvgIpc) is 2.78. The quantitative estimate of drug-likeness (QED) is 0.710. The van der Waals surface area contributed by atoms with Crippen LogP contribution in [0.25, 0.3) is 22.0 Å². The Bertz CT molecular complexity index is 776. The molecule has 102 valence electrons. The van der Waals surface area contributed by atoms with Crippen molar-refractivity contribution in [2.75, 3.05) is 7.11 Å². The van der Waals surface area contributed by atoms with Gasteiger partial charge in [-0.15, -0.1) is 0 Å². The molecule has 3 rings (SSSR count). The molecule has 0 radical (unpaired) electrons. The minimum absolute atomic E-state index is 0.507. The van der Waals surface area contributed by atoms with Crippen molar-refractivity contribution in [1.29, 1.82) is 0 Å². The lowest BCUT2D eigenvalue weighted by Crippen LogP contribution is -1.90. The molecule has 0 N–H and O–H groups in total. The van der Waals surface area contributed by atoms with E-state index in [1.807, 2.05) is 32.0 Å². The van der Waals surface area contributed by atoms with E-state index in [0.29, 0.717) is 10.9 Å². The number of hydrogen-bond donors (Lipinski definition) is 0. The average molecular weight is 289 g/mol. The molecule has 0 saturated heterocycles. The van der Waals surface area contributed by atoms with E-state index in [1.54, 1.807) is 13.2 Å². The molecule has 0 saturated carbocycles. The highest BCUT2D eigenvalue weighted by atomic mass is 35.5. The Morgan fingerprint density at radius 1 is 1.20 bits per heavy atom. The lowest BCUT2D eigenvalue weighted by atomic mass is 10.0. The summed E-state index contributed by atoms with van der Waals surface area (Å²) in [4.78, 5) is 4.38. The minimum Gasteiger partial charge on any atom is -0.481 e. The van der Waals surface area contributed by atoms with Crippen molar-refractivity contribution in [2.45, 2.75) is 13.8 Å². The number of methoxy groups -OCH3 is 1. The van der Waals surface area contributed by atoms with Crippen molar-refractivity contribution in [3.8, 4) is 17.0 Å².